The van der Waals surface area contributed by atoms with Gasteiger partial charge in [-0.15, -0.1) is 0 Å². The molecule has 0 aliphatic heterocycles. The smallest absolute Gasteiger partial charge is 0.0459 e. The molecule has 48 heavy (non-hydrogen) atoms. The first-order valence-corrected chi connectivity index (χ1v) is 17.1. The summed E-state index contributed by atoms with van der Waals surface area (Å²) in [6, 6.07) is 55.7. The number of benzene rings is 6. The van der Waals surface area contributed by atoms with E-state index in [0.717, 1.165) is 19.3 Å². The van der Waals surface area contributed by atoms with Crippen molar-refractivity contribution in [1.29, 1.82) is 0 Å². The first-order chi connectivity index (χ1) is 23.7. The number of para-hydroxylation sites is 1. The van der Waals surface area contributed by atoms with Crippen LogP contribution >= 0.6 is 0 Å². The Morgan fingerprint density at radius 3 is 2.08 bits per heavy atom. The molecule has 6 aromatic carbocycles. The molecule has 0 heterocycles. The Labute approximate surface area is 284 Å². The molecule has 1 heteroatoms. The highest BCUT2D eigenvalue weighted by Gasteiger charge is 2.26. The molecular formula is C47H39N. The summed E-state index contributed by atoms with van der Waals surface area (Å²) in [5.41, 5.74) is 14.0. The second-order valence-electron chi connectivity index (χ2n) is 12.9. The van der Waals surface area contributed by atoms with Crippen molar-refractivity contribution >= 4 is 23.0 Å². The first kappa shape index (κ1) is 29.7. The van der Waals surface area contributed by atoms with Crippen molar-refractivity contribution in [2.24, 2.45) is 0 Å². The second kappa shape index (κ2) is 13.2. The Kier molecular flexibility index (Phi) is 8.19. The van der Waals surface area contributed by atoms with Crippen molar-refractivity contribution in [3.05, 3.63) is 203 Å². The number of hydrogen-bond donors (Lipinski definition) is 0. The van der Waals surface area contributed by atoms with E-state index in [1.807, 2.05) is 0 Å². The van der Waals surface area contributed by atoms with Crippen LogP contribution in [0, 0.1) is 6.92 Å². The highest BCUT2D eigenvalue weighted by molar-refractivity contribution is 5.84. The van der Waals surface area contributed by atoms with Crippen LogP contribution in [0.15, 0.2) is 176 Å². The molecule has 0 saturated heterocycles. The van der Waals surface area contributed by atoms with Gasteiger partial charge in [0.15, 0.2) is 0 Å². The largest absolute Gasteiger partial charge is 0.314 e. The molecule has 0 fully saturated rings. The Morgan fingerprint density at radius 1 is 0.583 bits per heavy atom. The Balaban J connectivity index is 1.19. The summed E-state index contributed by atoms with van der Waals surface area (Å²) in [6.07, 6.45) is 12.3. The normalized spacial score (nSPS) is 15.3. The third kappa shape index (κ3) is 5.85. The van der Waals surface area contributed by atoms with Gasteiger partial charge in [0, 0.05) is 23.0 Å². The topological polar surface area (TPSA) is 3.24 Å². The lowest BCUT2D eigenvalue weighted by Gasteiger charge is -2.34. The SMILES string of the molecule is Cc1ccc(-c2ccccc2-c2cccc(C3CC=CC=C3N(c3ccccc3)c3ccc(C4=c5ccccc5=CCC4)cc3)c2)cc1. The summed E-state index contributed by atoms with van der Waals surface area (Å²) in [5, 5.41) is 2.71. The van der Waals surface area contributed by atoms with Crippen molar-refractivity contribution in [1.82, 2.24) is 0 Å². The van der Waals surface area contributed by atoms with Crippen LogP contribution in [0.4, 0.5) is 11.4 Å². The minimum Gasteiger partial charge on any atom is -0.314 e. The van der Waals surface area contributed by atoms with Gasteiger partial charge in [-0.3, -0.25) is 0 Å². The van der Waals surface area contributed by atoms with Crippen LogP contribution < -0.4 is 15.3 Å². The number of nitrogens with zero attached hydrogens (tertiary/aromatic N) is 1. The Morgan fingerprint density at radius 2 is 1.27 bits per heavy atom. The van der Waals surface area contributed by atoms with Gasteiger partial charge in [0.05, 0.1) is 0 Å². The van der Waals surface area contributed by atoms with Crippen LogP contribution in [-0.2, 0) is 0 Å². The number of hydrogen-bond acceptors (Lipinski definition) is 1. The molecule has 1 unspecified atom stereocenters. The van der Waals surface area contributed by atoms with Gasteiger partial charge < -0.3 is 4.90 Å². The molecule has 0 N–H and O–H groups in total. The number of anilines is 2. The zero-order valence-corrected chi connectivity index (χ0v) is 27.4. The van der Waals surface area contributed by atoms with Crippen LogP contribution in [0.5, 0.6) is 0 Å². The van der Waals surface area contributed by atoms with Gasteiger partial charge in [-0.25, -0.2) is 0 Å². The van der Waals surface area contributed by atoms with Gasteiger partial charge in [0.1, 0.15) is 0 Å². The van der Waals surface area contributed by atoms with Gasteiger partial charge in [-0.2, -0.15) is 0 Å². The predicted octanol–water partition coefficient (Wildman–Crippen LogP) is 10.9. The lowest BCUT2D eigenvalue weighted by Crippen LogP contribution is -2.29. The van der Waals surface area contributed by atoms with Crippen LogP contribution in [0.25, 0.3) is 33.9 Å². The molecule has 8 rings (SSSR count). The van der Waals surface area contributed by atoms with Crippen LogP contribution in [0.1, 0.15) is 41.9 Å². The maximum absolute atomic E-state index is 2.46. The number of rotatable bonds is 7. The van der Waals surface area contributed by atoms with E-state index in [4.69, 9.17) is 0 Å². The second-order valence-corrected chi connectivity index (χ2v) is 12.9. The lowest BCUT2D eigenvalue weighted by molar-refractivity contribution is 0.774. The first-order valence-electron chi connectivity index (χ1n) is 17.1. The van der Waals surface area contributed by atoms with E-state index >= 15 is 0 Å². The van der Waals surface area contributed by atoms with E-state index in [1.165, 1.54) is 72.0 Å². The standard InChI is InChI=1S/C47H39N/c1-34-25-27-36(28-26-34)43-20-7-8-21-45(43)38-15-11-16-39(33-38)46-22-9-10-24-47(46)48(40-17-3-2-4-18-40)41-31-29-37(30-32-41)44-23-12-14-35-13-5-6-19-42(35)44/h2-11,13-21,24-33,46H,12,22-23H2,1H3. The summed E-state index contributed by atoms with van der Waals surface area (Å²) >= 11 is 0. The fourth-order valence-corrected chi connectivity index (χ4v) is 7.39. The summed E-state index contributed by atoms with van der Waals surface area (Å²) in [7, 11) is 0. The average molecular weight is 618 g/mol. The predicted molar refractivity (Wildman–Crippen MR) is 204 cm³/mol. The molecule has 0 aromatic heterocycles. The lowest BCUT2D eigenvalue weighted by atomic mass is 9.85. The number of allylic oxidation sites excluding steroid dienone is 4. The molecule has 232 valence electrons. The molecule has 0 spiro atoms. The highest BCUT2D eigenvalue weighted by atomic mass is 15.2. The quantitative estimate of drug-likeness (QED) is 0.172. The van der Waals surface area contributed by atoms with Gasteiger partial charge >= 0.3 is 0 Å². The van der Waals surface area contributed by atoms with Gasteiger partial charge in [0.2, 0.25) is 0 Å². The molecule has 2 aliphatic rings. The summed E-state index contributed by atoms with van der Waals surface area (Å²) in [6.45, 7) is 2.14. The molecule has 6 aromatic rings. The molecule has 1 nitrogen and oxygen atoms in total. The summed E-state index contributed by atoms with van der Waals surface area (Å²) < 4.78 is 0. The summed E-state index contributed by atoms with van der Waals surface area (Å²) in [4.78, 5) is 2.46. The van der Waals surface area contributed by atoms with Crippen LogP contribution in [0.2, 0.25) is 0 Å². The van der Waals surface area contributed by atoms with E-state index in [1.54, 1.807) is 0 Å². The maximum atomic E-state index is 2.46. The molecule has 0 radical (unpaired) electrons. The van der Waals surface area contributed by atoms with Crippen molar-refractivity contribution in [2.45, 2.75) is 32.1 Å². The highest BCUT2D eigenvalue weighted by Crippen LogP contribution is 2.42. The minimum atomic E-state index is 0.205. The fraction of sp³-hybridized carbons (Fsp3) is 0.106. The van der Waals surface area contributed by atoms with E-state index in [-0.39, 0.29) is 5.92 Å². The molecule has 0 bridgehead atoms. The van der Waals surface area contributed by atoms with E-state index in [0.29, 0.717) is 0 Å². The molecule has 0 saturated carbocycles. The van der Waals surface area contributed by atoms with E-state index in [2.05, 4.69) is 188 Å². The molecule has 2 aliphatic carbocycles. The van der Waals surface area contributed by atoms with Crippen molar-refractivity contribution in [3.8, 4) is 22.3 Å². The third-order valence-electron chi connectivity index (χ3n) is 9.81. The minimum absolute atomic E-state index is 0.205. The van der Waals surface area contributed by atoms with Crippen molar-refractivity contribution < 1.29 is 0 Å². The number of fused-ring (bicyclic) bond motifs is 1. The number of aryl methyl sites for hydroxylation is 1. The average Bonchev–Trinajstić information content (AvgIpc) is 3.16. The van der Waals surface area contributed by atoms with Gasteiger partial charge in [0.25, 0.3) is 0 Å². The zero-order valence-electron chi connectivity index (χ0n) is 27.4. The monoisotopic (exact) mass is 617 g/mol. The van der Waals surface area contributed by atoms with E-state index in [9.17, 15) is 0 Å². The Bertz CT molecular complexity index is 2250. The van der Waals surface area contributed by atoms with Gasteiger partial charge in [-0.05, 0) is 106 Å². The maximum Gasteiger partial charge on any atom is 0.0459 e. The third-order valence-corrected chi connectivity index (χ3v) is 9.81. The van der Waals surface area contributed by atoms with Crippen molar-refractivity contribution in [2.75, 3.05) is 4.90 Å². The van der Waals surface area contributed by atoms with Gasteiger partial charge in [-0.1, -0.05) is 151 Å². The molecular weight excluding hydrogens is 579 g/mol. The Hall–Kier alpha value is -5.66. The zero-order chi connectivity index (χ0) is 32.3. The summed E-state index contributed by atoms with van der Waals surface area (Å²) in [5.74, 6) is 0.205. The van der Waals surface area contributed by atoms with E-state index < -0.39 is 0 Å². The van der Waals surface area contributed by atoms with Crippen LogP contribution in [0.3, 0.4) is 0 Å². The molecule has 1 atom stereocenters. The van der Waals surface area contributed by atoms with Crippen LogP contribution in [-0.4, -0.2) is 0 Å². The fourth-order valence-electron chi connectivity index (χ4n) is 7.39. The van der Waals surface area contributed by atoms with Crippen molar-refractivity contribution in [3.63, 3.8) is 0 Å². The molecule has 0 amide bonds.